The van der Waals surface area contributed by atoms with Crippen LogP contribution in [0.4, 0.5) is 17.5 Å². The number of methoxy groups -OCH3 is 1. The fourth-order valence-electron chi connectivity index (χ4n) is 2.52. The van der Waals surface area contributed by atoms with Crippen LogP contribution in [0, 0.1) is 0 Å². The predicted molar refractivity (Wildman–Crippen MR) is 101 cm³/mol. The zero-order chi connectivity index (χ0) is 18.4. The van der Waals surface area contributed by atoms with Crippen molar-refractivity contribution in [2.75, 3.05) is 30.9 Å². The third-order valence-electron chi connectivity index (χ3n) is 3.77. The Bertz CT molecular complexity index is 914. The lowest BCUT2D eigenvalue weighted by molar-refractivity contribution is 0.0601. The van der Waals surface area contributed by atoms with E-state index < -0.39 is 5.97 Å². The Balaban J connectivity index is 1.91. The van der Waals surface area contributed by atoms with Gasteiger partial charge >= 0.3 is 5.97 Å². The molecule has 134 valence electrons. The normalized spacial score (nSPS) is 10.5. The standard InChI is InChI=1S/C19H20N4O3/c1-26-18(25)13-6-4-7-14(12-13)21-19-22-16-9-3-2-8-15(16)17(23-19)20-10-5-11-24/h2-4,6-9,12,24H,5,10-11H2,1H3,(H2,20,21,22,23). The van der Waals surface area contributed by atoms with Crippen LogP contribution in [0.5, 0.6) is 0 Å². The van der Waals surface area contributed by atoms with Gasteiger partial charge in [-0.05, 0) is 36.8 Å². The maximum absolute atomic E-state index is 11.7. The number of nitrogens with one attached hydrogen (secondary N) is 2. The summed E-state index contributed by atoms with van der Waals surface area (Å²) >= 11 is 0. The number of aromatic nitrogens is 2. The van der Waals surface area contributed by atoms with Gasteiger partial charge in [0.05, 0.1) is 18.2 Å². The molecule has 0 saturated carbocycles. The van der Waals surface area contributed by atoms with E-state index >= 15 is 0 Å². The molecule has 1 aromatic heterocycles. The summed E-state index contributed by atoms with van der Waals surface area (Å²) in [6.07, 6.45) is 0.627. The average Bonchev–Trinajstić information content (AvgIpc) is 2.67. The summed E-state index contributed by atoms with van der Waals surface area (Å²) in [7, 11) is 1.35. The molecule has 0 bridgehead atoms. The van der Waals surface area contributed by atoms with Crippen LogP contribution in [0.25, 0.3) is 10.9 Å². The summed E-state index contributed by atoms with van der Waals surface area (Å²) in [5, 5.41) is 16.2. The molecule has 26 heavy (non-hydrogen) atoms. The topological polar surface area (TPSA) is 96.4 Å². The van der Waals surface area contributed by atoms with Crippen molar-refractivity contribution in [1.82, 2.24) is 9.97 Å². The van der Waals surface area contributed by atoms with Crippen LogP contribution in [-0.4, -0.2) is 41.3 Å². The number of benzene rings is 2. The highest BCUT2D eigenvalue weighted by molar-refractivity contribution is 5.91. The molecule has 7 heteroatoms. The van der Waals surface area contributed by atoms with Crippen molar-refractivity contribution in [3.8, 4) is 0 Å². The third kappa shape index (κ3) is 4.07. The molecule has 0 saturated heterocycles. The molecule has 0 unspecified atom stereocenters. The lowest BCUT2D eigenvalue weighted by atomic mass is 10.2. The fourth-order valence-corrected chi connectivity index (χ4v) is 2.52. The van der Waals surface area contributed by atoms with Crippen molar-refractivity contribution in [2.24, 2.45) is 0 Å². The smallest absolute Gasteiger partial charge is 0.337 e. The van der Waals surface area contributed by atoms with E-state index in [0.29, 0.717) is 36.0 Å². The van der Waals surface area contributed by atoms with Crippen molar-refractivity contribution < 1.29 is 14.6 Å². The average molecular weight is 352 g/mol. The van der Waals surface area contributed by atoms with E-state index in [0.717, 1.165) is 10.9 Å². The molecule has 0 spiro atoms. The van der Waals surface area contributed by atoms with Gasteiger partial charge in [0.15, 0.2) is 0 Å². The fraction of sp³-hybridized carbons (Fsp3) is 0.211. The number of para-hydroxylation sites is 1. The molecule has 3 rings (SSSR count). The number of hydrogen-bond acceptors (Lipinski definition) is 7. The summed E-state index contributed by atoms with van der Waals surface area (Å²) in [6.45, 7) is 0.718. The third-order valence-corrected chi connectivity index (χ3v) is 3.77. The Hall–Kier alpha value is -3.19. The maximum Gasteiger partial charge on any atom is 0.337 e. The largest absolute Gasteiger partial charge is 0.465 e. The quantitative estimate of drug-likeness (QED) is 0.444. The molecule has 0 amide bonds. The van der Waals surface area contributed by atoms with E-state index in [-0.39, 0.29) is 6.61 Å². The Labute approximate surface area is 151 Å². The number of nitrogens with zero attached hydrogens (tertiary/aromatic N) is 2. The second-order valence-electron chi connectivity index (χ2n) is 5.61. The Morgan fingerprint density at radius 2 is 2.00 bits per heavy atom. The first-order valence-electron chi connectivity index (χ1n) is 8.28. The SMILES string of the molecule is COC(=O)c1cccc(Nc2nc(NCCCO)c3ccccc3n2)c1. The van der Waals surface area contributed by atoms with Gasteiger partial charge in [0, 0.05) is 24.2 Å². The molecule has 3 aromatic rings. The first-order chi connectivity index (χ1) is 12.7. The highest BCUT2D eigenvalue weighted by atomic mass is 16.5. The van der Waals surface area contributed by atoms with Gasteiger partial charge in [0.1, 0.15) is 5.82 Å². The number of aliphatic hydroxyl groups is 1. The number of rotatable bonds is 7. The molecule has 0 atom stereocenters. The summed E-state index contributed by atoms with van der Waals surface area (Å²) < 4.78 is 4.74. The molecule has 0 aliphatic rings. The number of carbonyl (C=O) groups is 1. The van der Waals surface area contributed by atoms with Gasteiger partial charge in [-0.2, -0.15) is 4.98 Å². The van der Waals surface area contributed by atoms with Gasteiger partial charge in [0.25, 0.3) is 0 Å². The minimum Gasteiger partial charge on any atom is -0.465 e. The van der Waals surface area contributed by atoms with E-state index in [9.17, 15) is 4.79 Å². The Kier molecular flexibility index (Phi) is 5.60. The van der Waals surface area contributed by atoms with E-state index in [2.05, 4.69) is 20.6 Å². The summed E-state index contributed by atoms with van der Waals surface area (Å²) in [4.78, 5) is 20.7. The first kappa shape index (κ1) is 17.6. The van der Waals surface area contributed by atoms with Crippen LogP contribution in [0.15, 0.2) is 48.5 Å². The number of fused-ring (bicyclic) bond motifs is 1. The van der Waals surface area contributed by atoms with Gasteiger partial charge in [-0.15, -0.1) is 0 Å². The molecule has 0 aliphatic carbocycles. The number of carbonyl (C=O) groups excluding carboxylic acids is 1. The summed E-state index contributed by atoms with van der Waals surface area (Å²) in [5.74, 6) is 0.701. The zero-order valence-corrected chi connectivity index (χ0v) is 14.4. The summed E-state index contributed by atoms with van der Waals surface area (Å²) in [6, 6.07) is 14.6. The number of anilines is 3. The van der Waals surface area contributed by atoms with Crippen LogP contribution in [0.1, 0.15) is 16.8 Å². The maximum atomic E-state index is 11.7. The molecule has 1 heterocycles. The molecule has 0 fully saturated rings. The van der Waals surface area contributed by atoms with Crippen LogP contribution >= 0.6 is 0 Å². The predicted octanol–water partition coefficient (Wildman–Crippen LogP) is 2.95. The molecular weight excluding hydrogens is 332 g/mol. The molecule has 0 radical (unpaired) electrons. The van der Waals surface area contributed by atoms with Crippen LogP contribution in [0.2, 0.25) is 0 Å². The Morgan fingerprint density at radius 1 is 1.15 bits per heavy atom. The number of aliphatic hydroxyl groups excluding tert-OH is 1. The highest BCUT2D eigenvalue weighted by Gasteiger charge is 2.09. The second kappa shape index (κ2) is 8.26. The Morgan fingerprint density at radius 3 is 2.81 bits per heavy atom. The number of ether oxygens (including phenoxy) is 1. The van der Waals surface area contributed by atoms with E-state index in [1.54, 1.807) is 18.2 Å². The minimum atomic E-state index is -0.403. The van der Waals surface area contributed by atoms with Gasteiger partial charge in [-0.1, -0.05) is 18.2 Å². The summed E-state index contributed by atoms with van der Waals surface area (Å²) in [5.41, 5.74) is 1.92. The van der Waals surface area contributed by atoms with Crippen molar-refractivity contribution in [1.29, 1.82) is 0 Å². The zero-order valence-electron chi connectivity index (χ0n) is 14.4. The molecule has 7 nitrogen and oxygen atoms in total. The van der Waals surface area contributed by atoms with Crippen molar-refractivity contribution in [2.45, 2.75) is 6.42 Å². The molecule has 0 aliphatic heterocycles. The van der Waals surface area contributed by atoms with Gasteiger partial charge < -0.3 is 20.5 Å². The van der Waals surface area contributed by atoms with Gasteiger partial charge in [-0.25, -0.2) is 9.78 Å². The first-order valence-corrected chi connectivity index (χ1v) is 8.28. The van der Waals surface area contributed by atoms with E-state index in [4.69, 9.17) is 9.84 Å². The van der Waals surface area contributed by atoms with E-state index in [1.165, 1.54) is 7.11 Å². The monoisotopic (exact) mass is 352 g/mol. The molecule has 3 N–H and O–H groups in total. The van der Waals surface area contributed by atoms with Crippen LogP contribution in [-0.2, 0) is 4.74 Å². The lowest BCUT2D eigenvalue weighted by Crippen LogP contribution is -2.08. The second-order valence-corrected chi connectivity index (χ2v) is 5.61. The molecule has 2 aromatic carbocycles. The highest BCUT2D eigenvalue weighted by Crippen LogP contribution is 2.24. The van der Waals surface area contributed by atoms with Crippen LogP contribution < -0.4 is 10.6 Å². The van der Waals surface area contributed by atoms with Crippen molar-refractivity contribution in [3.05, 3.63) is 54.1 Å². The lowest BCUT2D eigenvalue weighted by Gasteiger charge is -2.12. The van der Waals surface area contributed by atoms with Gasteiger partial charge in [0.2, 0.25) is 5.95 Å². The van der Waals surface area contributed by atoms with Gasteiger partial charge in [-0.3, -0.25) is 0 Å². The minimum absolute atomic E-state index is 0.113. The van der Waals surface area contributed by atoms with E-state index in [1.807, 2.05) is 30.3 Å². The number of esters is 1. The van der Waals surface area contributed by atoms with Crippen LogP contribution in [0.3, 0.4) is 0 Å². The van der Waals surface area contributed by atoms with Crippen molar-refractivity contribution >= 4 is 34.3 Å². The number of hydrogen-bond donors (Lipinski definition) is 3. The molecular formula is C19H20N4O3. The van der Waals surface area contributed by atoms with Crippen molar-refractivity contribution in [3.63, 3.8) is 0 Å².